The van der Waals surface area contributed by atoms with Crippen molar-refractivity contribution < 1.29 is 37.1 Å². The van der Waals surface area contributed by atoms with Crippen LogP contribution in [0.15, 0.2) is 43.3 Å². The Morgan fingerprint density at radius 2 is 1.88 bits per heavy atom. The smallest absolute Gasteiger partial charge is 0.407 e. The second-order valence-corrected chi connectivity index (χ2v) is 15.2. The molecule has 4 amide bonds. The molecule has 4 rings (SSSR count). The molecule has 1 aromatic heterocycles. The number of hydrogen-bond acceptors (Lipinski definition) is 10. The van der Waals surface area contributed by atoms with Gasteiger partial charge in [-0.05, 0) is 68.1 Å². The third-order valence-electron chi connectivity index (χ3n) is 8.33. The van der Waals surface area contributed by atoms with Crippen LogP contribution in [0.25, 0.3) is 17.0 Å². The van der Waals surface area contributed by atoms with Crippen molar-refractivity contribution in [2.24, 2.45) is 5.41 Å². The highest BCUT2D eigenvalue weighted by Crippen LogP contribution is 2.28. The molecule has 1 unspecified atom stereocenters. The van der Waals surface area contributed by atoms with Crippen molar-refractivity contribution in [2.75, 3.05) is 20.3 Å². The molecule has 1 saturated carbocycles. The van der Waals surface area contributed by atoms with Crippen molar-refractivity contribution >= 4 is 50.8 Å². The zero-order valence-corrected chi connectivity index (χ0v) is 29.3. The molecular weight excluding hydrogens is 652 g/mol. The fraction of sp³-hybridized carbons (Fsp3) is 0.529. The fourth-order valence-corrected chi connectivity index (χ4v) is 6.86. The van der Waals surface area contributed by atoms with Crippen molar-refractivity contribution in [3.05, 3.63) is 48.8 Å². The van der Waals surface area contributed by atoms with Crippen LogP contribution in [0, 0.1) is 5.41 Å². The van der Waals surface area contributed by atoms with Gasteiger partial charge in [-0.15, -0.1) is 6.58 Å². The highest BCUT2D eigenvalue weighted by Gasteiger charge is 2.43. The second-order valence-electron chi connectivity index (χ2n) is 13.3. The first-order chi connectivity index (χ1) is 23.2. The molecule has 2 aliphatic rings. The zero-order valence-electron chi connectivity index (χ0n) is 28.4. The van der Waals surface area contributed by atoms with Gasteiger partial charge in [0.2, 0.25) is 27.7 Å². The van der Waals surface area contributed by atoms with Crippen molar-refractivity contribution in [1.29, 1.82) is 0 Å². The molecule has 3 atom stereocenters. The number of nitrogens with zero attached hydrogens (tertiary/aromatic N) is 3. The molecule has 2 aromatic rings. The van der Waals surface area contributed by atoms with E-state index in [1.807, 2.05) is 30.4 Å². The fourth-order valence-electron chi connectivity index (χ4n) is 5.52. The Bertz CT molecular complexity index is 1680. The quantitative estimate of drug-likeness (QED) is 0.184. The topological polar surface area (TPSA) is 186 Å². The minimum atomic E-state index is -3.81. The zero-order chi connectivity index (χ0) is 35.8. The lowest BCUT2D eigenvalue weighted by atomic mass is 9.85. The number of alkyl carbamates (subject to hydrolysis) is 1. The summed E-state index contributed by atoms with van der Waals surface area (Å²) < 4.78 is 37.4. The first-order valence-electron chi connectivity index (χ1n) is 16.4. The molecule has 14 nitrogen and oxygen atoms in total. The highest BCUT2D eigenvalue weighted by molar-refractivity contribution is 7.90. The lowest BCUT2D eigenvalue weighted by Crippen LogP contribution is -2.59. The maximum atomic E-state index is 13.8. The molecule has 1 aromatic carbocycles. The maximum absolute atomic E-state index is 13.8. The predicted molar refractivity (Wildman–Crippen MR) is 184 cm³/mol. The SMILES string of the molecule is C=CCC(NC(=O)[C@@H]1CCCN1C(=O)[C@@H](NC(=O)OCCC/C=C/c1ccc2ncnc(OC)c2c1)C(C)(C)C)C(=O)NS(=O)(=O)C1CC1. The van der Waals surface area contributed by atoms with E-state index in [1.54, 1.807) is 27.9 Å². The van der Waals surface area contributed by atoms with Crippen LogP contribution in [0.3, 0.4) is 0 Å². The van der Waals surface area contributed by atoms with Crippen LogP contribution in [0.5, 0.6) is 5.88 Å². The molecule has 0 bridgehead atoms. The van der Waals surface area contributed by atoms with E-state index >= 15 is 0 Å². The summed E-state index contributed by atoms with van der Waals surface area (Å²) in [5, 5.41) is 5.49. The third kappa shape index (κ3) is 10.00. The number of fused-ring (bicyclic) bond motifs is 1. The number of carbonyl (C=O) groups excluding carboxylic acids is 4. The summed E-state index contributed by atoms with van der Waals surface area (Å²) in [6, 6.07) is 2.68. The molecule has 15 heteroatoms. The molecular formula is C34H46N6O8S. The van der Waals surface area contributed by atoms with Crippen molar-refractivity contribution in [3.8, 4) is 5.88 Å². The lowest BCUT2D eigenvalue weighted by molar-refractivity contribution is -0.142. The number of hydrogen-bond donors (Lipinski definition) is 3. The summed E-state index contributed by atoms with van der Waals surface area (Å²) in [6.07, 6.45) is 9.05. The largest absolute Gasteiger partial charge is 0.480 e. The summed E-state index contributed by atoms with van der Waals surface area (Å²) in [6.45, 7) is 9.40. The normalized spacial score (nSPS) is 17.7. The van der Waals surface area contributed by atoms with Crippen LogP contribution in [-0.4, -0.2) is 90.7 Å². The van der Waals surface area contributed by atoms with Gasteiger partial charge in [-0.25, -0.2) is 23.2 Å². The van der Waals surface area contributed by atoms with Gasteiger partial charge in [0.25, 0.3) is 5.91 Å². The standard InChI is InChI=1S/C34H46N6O8S/c1-6-11-26(29(41)39-49(45,46)23-15-16-23)37-30(42)27-13-10-18-40(27)32(43)28(34(2,3)4)38-33(44)48-19-9-7-8-12-22-14-17-25-24(20-22)31(47-5)36-21-35-25/h6,8,12,14,17,20-21,23,26-28H,1,7,9-11,13,15-16,18-19H2,2-5H3,(H,37,42)(H,38,44)(H,39,41)/b12-8+/t26?,27-,28+/m0/s1. The number of aromatic nitrogens is 2. The van der Waals surface area contributed by atoms with Gasteiger partial charge in [0.05, 0.1) is 29.9 Å². The summed E-state index contributed by atoms with van der Waals surface area (Å²) >= 11 is 0. The molecule has 0 radical (unpaired) electrons. The molecule has 49 heavy (non-hydrogen) atoms. The number of amides is 4. The number of sulfonamides is 1. The molecule has 0 spiro atoms. The predicted octanol–water partition coefficient (Wildman–Crippen LogP) is 3.23. The molecule has 266 valence electrons. The highest BCUT2D eigenvalue weighted by atomic mass is 32.2. The van der Waals surface area contributed by atoms with Gasteiger partial charge in [-0.1, -0.05) is 45.1 Å². The number of benzene rings is 1. The van der Waals surface area contributed by atoms with Crippen LogP contribution >= 0.6 is 0 Å². The van der Waals surface area contributed by atoms with E-state index in [9.17, 15) is 27.6 Å². The van der Waals surface area contributed by atoms with Gasteiger partial charge in [0.15, 0.2) is 0 Å². The summed E-state index contributed by atoms with van der Waals surface area (Å²) in [4.78, 5) is 62.5. The number of allylic oxidation sites excluding steroid dienone is 1. The van der Waals surface area contributed by atoms with E-state index in [1.165, 1.54) is 17.3 Å². The molecule has 1 aliphatic carbocycles. The number of likely N-dealkylation sites (tertiary alicyclic amines) is 1. The van der Waals surface area contributed by atoms with Crippen LogP contribution in [0.2, 0.25) is 0 Å². The van der Waals surface area contributed by atoms with Crippen LogP contribution in [0.1, 0.15) is 71.3 Å². The van der Waals surface area contributed by atoms with Gasteiger partial charge in [-0.3, -0.25) is 19.1 Å². The van der Waals surface area contributed by atoms with Crippen LogP contribution < -0.4 is 20.1 Å². The van der Waals surface area contributed by atoms with E-state index in [4.69, 9.17) is 9.47 Å². The number of nitrogens with one attached hydrogen (secondary N) is 3. The first-order valence-corrected chi connectivity index (χ1v) is 18.0. The number of rotatable bonds is 15. The Morgan fingerprint density at radius 1 is 1.12 bits per heavy atom. The second kappa shape index (κ2) is 16.2. The Kier molecular flexibility index (Phi) is 12.4. The summed E-state index contributed by atoms with van der Waals surface area (Å²) in [7, 11) is -2.26. The van der Waals surface area contributed by atoms with E-state index < -0.39 is 62.6 Å². The van der Waals surface area contributed by atoms with Crippen molar-refractivity contribution in [3.63, 3.8) is 0 Å². The van der Waals surface area contributed by atoms with Gasteiger partial charge >= 0.3 is 6.09 Å². The minimum Gasteiger partial charge on any atom is -0.480 e. The molecule has 3 N–H and O–H groups in total. The Balaban J connectivity index is 1.29. The van der Waals surface area contributed by atoms with Gasteiger partial charge in [0.1, 0.15) is 24.5 Å². The first kappa shape index (κ1) is 37.3. The molecule has 1 aliphatic heterocycles. The van der Waals surface area contributed by atoms with Crippen LogP contribution in [0.4, 0.5) is 4.79 Å². The monoisotopic (exact) mass is 698 g/mol. The lowest BCUT2D eigenvalue weighted by Gasteiger charge is -2.35. The Morgan fingerprint density at radius 3 is 2.55 bits per heavy atom. The number of carbonyl (C=O) groups is 4. The Hall–Kier alpha value is -4.53. The molecule has 2 heterocycles. The average Bonchev–Trinajstić information content (AvgIpc) is 3.81. The molecule has 2 fully saturated rings. The summed E-state index contributed by atoms with van der Waals surface area (Å²) in [5.74, 6) is -1.40. The number of methoxy groups -OCH3 is 1. The van der Waals surface area contributed by atoms with Gasteiger partial charge in [-0.2, -0.15) is 0 Å². The molecule has 1 saturated heterocycles. The van der Waals surface area contributed by atoms with E-state index in [0.29, 0.717) is 44.4 Å². The number of ether oxygens (including phenoxy) is 2. The van der Waals surface area contributed by atoms with Crippen molar-refractivity contribution in [2.45, 2.75) is 89.1 Å². The summed E-state index contributed by atoms with van der Waals surface area (Å²) in [5.41, 5.74) is 0.998. The minimum absolute atomic E-state index is 0.000322. The van der Waals surface area contributed by atoms with E-state index in [2.05, 4.69) is 31.9 Å². The Labute approximate surface area is 287 Å². The van der Waals surface area contributed by atoms with Gasteiger partial charge in [0, 0.05) is 6.54 Å². The van der Waals surface area contributed by atoms with Crippen LogP contribution in [-0.2, 0) is 29.1 Å². The van der Waals surface area contributed by atoms with Gasteiger partial charge < -0.3 is 25.0 Å². The van der Waals surface area contributed by atoms with Crippen molar-refractivity contribution in [1.82, 2.24) is 30.2 Å². The average molecular weight is 699 g/mol. The maximum Gasteiger partial charge on any atom is 0.407 e. The third-order valence-corrected chi connectivity index (χ3v) is 10.2. The number of unbranched alkanes of at least 4 members (excludes halogenated alkanes) is 1. The van der Waals surface area contributed by atoms with E-state index in [-0.39, 0.29) is 19.6 Å². The van der Waals surface area contributed by atoms with E-state index in [0.717, 1.165) is 16.5 Å².